The highest BCUT2D eigenvalue weighted by atomic mass is 16.1. The molecular formula is C17H13NO. The maximum Gasteiger partial charge on any atom is 0.150 e. The van der Waals surface area contributed by atoms with E-state index < -0.39 is 0 Å². The lowest BCUT2D eigenvalue weighted by molar-refractivity contribution is 0.112. The van der Waals surface area contributed by atoms with E-state index in [1.807, 2.05) is 60.7 Å². The van der Waals surface area contributed by atoms with E-state index >= 15 is 0 Å². The number of carbonyl (C=O) groups is 1. The normalized spacial score (nSPS) is 10.3. The number of para-hydroxylation sites is 1. The Bertz CT molecular complexity index is 720. The van der Waals surface area contributed by atoms with Gasteiger partial charge in [0, 0.05) is 16.9 Å². The molecule has 0 heterocycles. The molecule has 0 unspecified atom stereocenters. The summed E-state index contributed by atoms with van der Waals surface area (Å²) < 4.78 is 0. The van der Waals surface area contributed by atoms with Crippen LogP contribution in [-0.4, -0.2) is 6.29 Å². The summed E-state index contributed by atoms with van der Waals surface area (Å²) in [4.78, 5) is 10.7. The molecule has 2 heteroatoms. The van der Waals surface area contributed by atoms with Crippen molar-refractivity contribution in [1.29, 1.82) is 0 Å². The average Bonchev–Trinajstić information content (AvgIpc) is 2.48. The zero-order valence-corrected chi connectivity index (χ0v) is 10.3. The highest BCUT2D eigenvalue weighted by molar-refractivity contribution is 5.91. The summed E-state index contributed by atoms with van der Waals surface area (Å²) in [6.45, 7) is 0. The third-order valence-corrected chi connectivity index (χ3v) is 3.06. The number of anilines is 2. The first-order chi connectivity index (χ1) is 9.35. The van der Waals surface area contributed by atoms with E-state index in [9.17, 15) is 4.79 Å². The van der Waals surface area contributed by atoms with Crippen molar-refractivity contribution in [3.05, 3.63) is 72.3 Å². The van der Waals surface area contributed by atoms with Crippen LogP contribution >= 0.6 is 0 Å². The molecule has 1 N–H and O–H groups in total. The summed E-state index contributed by atoms with van der Waals surface area (Å²) in [5.74, 6) is 0. The smallest absolute Gasteiger partial charge is 0.150 e. The molecule has 19 heavy (non-hydrogen) atoms. The summed E-state index contributed by atoms with van der Waals surface area (Å²) in [6, 6.07) is 21.9. The molecule has 0 radical (unpaired) electrons. The summed E-state index contributed by atoms with van der Waals surface area (Å²) in [5.41, 5.74) is 2.81. The topological polar surface area (TPSA) is 29.1 Å². The van der Waals surface area contributed by atoms with Gasteiger partial charge in [-0.05, 0) is 41.1 Å². The van der Waals surface area contributed by atoms with Gasteiger partial charge in [-0.3, -0.25) is 4.79 Å². The Labute approximate surface area is 111 Å². The highest BCUT2D eigenvalue weighted by Crippen LogP contribution is 2.22. The minimum absolute atomic E-state index is 0.705. The van der Waals surface area contributed by atoms with Gasteiger partial charge in [-0.15, -0.1) is 0 Å². The van der Waals surface area contributed by atoms with Crippen LogP contribution in [0, 0.1) is 0 Å². The molecule has 3 aromatic rings. The van der Waals surface area contributed by atoms with Crippen LogP contribution in [0.5, 0.6) is 0 Å². The summed E-state index contributed by atoms with van der Waals surface area (Å²) >= 11 is 0. The Balaban J connectivity index is 1.96. The lowest BCUT2D eigenvalue weighted by Gasteiger charge is -2.07. The molecule has 0 amide bonds. The Hall–Kier alpha value is -2.61. The predicted octanol–water partition coefficient (Wildman–Crippen LogP) is 4.40. The van der Waals surface area contributed by atoms with Crippen molar-refractivity contribution < 1.29 is 4.79 Å². The van der Waals surface area contributed by atoms with Crippen LogP contribution < -0.4 is 5.32 Å². The molecular weight excluding hydrogens is 234 g/mol. The van der Waals surface area contributed by atoms with Crippen molar-refractivity contribution in [3.8, 4) is 0 Å². The van der Waals surface area contributed by atoms with Crippen LogP contribution in [0.3, 0.4) is 0 Å². The average molecular weight is 247 g/mol. The van der Waals surface area contributed by atoms with Crippen LogP contribution in [0.2, 0.25) is 0 Å². The van der Waals surface area contributed by atoms with Gasteiger partial charge in [0.2, 0.25) is 0 Å². The Kier molecular flexibility index (Phi) is 2.99. The fraction of sp³-hybridized carbons (Fsp3) is 0. The second kappa shape index (κ2) is 4.94. The number of hydrogen-bond acceptors (Lipinski definition) is 2. The number of nitrogens with one attached hydrogen (secondary N) is 1. The number of benzene rings is 3. The zero-order chi connectivity index (χ0) is 13.1. The van der Waals surface area contributed by atoms with Gasteiger partial charge in [-0.25, -0.2) is 0 Å². The molecule has 0 saturated heterocycles. The number of fused-ring (bicyclic) bond motifs is 1. The van der Waals surface area contributed by atoms with Gasteiger partial charge in [0.15, 0.2) is 0 Å². The van der Waals surface area contributed by atoms with Gasteiger partial charge in [0.1, 0.15) is 6.29 Å². The third kappa shape index (κ3) is 2.47. The van der Waals surface area contributed by atoms with Crippen molar-refractivity contribution >= 4 is 28.4 Å². The lowest BCUT2D eigenvalue weighted by Crippen LogP contribution is -1.89. The molecule has 0 aliphatic heterocycles. The van der Waals surface area contributed by atoms with Gasteiger partial charge in [0.25, 0.3) is 0 Å². The third-order valence-electron chi connectivity index (χ3n) is 3.06. The zero-order valence-electron chi connectivity index (χ0n) is 10.3. The molecule has 0 aliphatic rings. The number of rotatable bonds is 3. The molecule has 0 fully saturated rings. The number of hydrogen-bond donors (Lipinski definition) is 1. The van der Waals surface area contributed by atoms with Crippen LogP contribution in [0.25, 0.3) is 10.8 Å². The minimum Gasteiger partial charge on any atom is -0.356 e. The molecule has 0 bridgehead atoms. The number of carbonyl (C=O) groups excluding carboxylic acids is 1. The van der Waals surface area contributed by atoms with Crippen LogP contribution in [0.1, 0.15) is 10.4 Å². The summed E-state index contributed by atoms with van der Waals surface area (Å²) in [7, 11) is 0. The fourth-order valence-corrected chi connectivity index (χ4v) is 2.10. The second-order valence-corrected chi connectivity index (χ2v) is 4.43. The van der Waals surface area contributed by atoms with Gasteiger partial charge >= 0.3 is 0 Å². The molecule has 0 aliphatic carbocycles. The molecule has 0 saturated carbocycles. The van der Waals surface area contributed by atoms with Crippen molar-refractivity contribution in [2.24, 2.45) is 0 Å². The SMILES string of the molecule is O=Cc1ccc2cc(Nc3ccccc3)ccc2c1. The molecule has 0 atom stereocenters. The molecule has 92 valence electrons. The molecule has 3 rings (SSSR count). The van der Waals surface area contributed by atoms with Crippen molar-refractivity contribution in [2.45, 2.75) is 0 Å². The predicted molar refractivity (Wildman–Crippen MR) is 79.1 cm³/mol. The van der Waals surface area contributed by atoms with E-state index in [4.69, 9.17) is 0 Å². The van der Waals surface area contributed by atoms with Gasteiger partial charge in [0.05, 0.1) is 0 Å². The van der Waals surface area contributed by atoms with E-state index in [-0.39, 0.29) is 0 Å². The van der Waals surface area contributed by atoms with Gasteiger partial charge < -0.3 is 5.32 Å². The monoisotopic (exact) mass is 247 g/mol. The van der Waals surface area contributed by atoms with E-state index in [0.29, 0.717) is 5.56 Å². The van der Waals surface area contributed by atoms with E-state index in [0.717, 1.165) is 28.4 Å². The molecule has 2 nitrogen and oxygen atoms in total. The lowest BCUT2D eigenvalue weighted by atomic mass is 10.1. The van der Waals surface area contributed by atoms with E-state index in [1.54, 1.807) is 0 Å². The maximum atomic E-state index is 10.7. The number of aldehydes is 1. The summed E-state index contributed by atoms with van der Waals surface area (Å²) in [6.07, 6.45) is 0.871. The molecule has 0 spiro atoms. The minimum atomic E-state index is 0.705. The van der Waals surface area contributed by atoms with Gasteiger partial charge in [-0.2, -0.15) is 0 Å². The Morgan fingerprint density at radius 3 is 2.26 bits per heavy atom. The maximum absolute atomic E-state index is 10.7. The largest absolute Gasteiger partial charge is 0.356 e. The highest BCUT2D eigenvalue weighted by Gasteiger charge is 1.99. The Morgan fingerprint density at radius 2 is 1.47 bits per heavy atom. The first-order valence-corrected chi connectivity index (χ1v) is 6.16. The van der Waals surface area contributed by atoms with Crippen LogP contribution in [-0.2, 0) is 0 Å². The van der Waals surface area contributed by atoms with Crippen molar-refractivity contribution in [2.75, 3.05) is 5.32 Å². The van der Waals surface area contributed by atoms with E-state index in [1.165, 1.54) is 0 Å². The molecule has 0 aromatic heterocycles. The van der Waals surface area contributed by atoms with Crippen molar-refractivity contribution in [3.63, 3.8) is 0 Å². The van der Waals surface area contributed by atoms with Gasteiger partial charge in [-0.1, -0.05) is 36.4 Å². The quantitative estimate of drug-likeness (QED) is 0.695. The Morgan fingerprint density at radius 1 is 0.737 bits per heavy atom. The first kappa shape index (κ1) is 11.5. The van der Waals surface area contributed by atoms with Crippen molar-refractivity contribution in [1.82, 2.24) is 0 Å². The second-order valence-electron chi connectivity index (χ2n) is 4.43. The van der Waals surface area contributed by atoms with Crippen LogP contribution in [0.4, 0.5) is 11.4 Å². The van der Waals surface area contributed by atoms with Crippen LogP contribution in [0.15, 0.2) is 66.7 Å². The fourth-order valence-electron chi connectivity index (χ4n) is 2.10. The standard InChI is InChI=1S/C17H13NO/c19-12-13-6-7-15-11-17(9-8-14(15)10-13)18-16-4-2-1-3-5-16/h1-12,18H. The summed E-state index contributed by atoms with van der Waals surface area (Å²) in [5, 5.41) is 5.54. The molecule has 3 aromatic carbocycles. The first-order valence-electron chi connectivity index (χ1n) is 6.16. The van der Waals surface area contributed by atoms with E-state index in [2.05, 4.69) is 11.4 Å².